The fourth-order valence-electron chi connectivity index (χ4n) is 3.66. The molecule has 7 nitrogen and oxygen atoms in total. The minimum Gasteiger partial charge on any atom is -0.465 e. The number of benzene rings is 2. The third kappa shape index (κ3) is 4.35. The molecule has 0 bridgehead atoms. The Labute approximate surface area is 181 Å². The number of carbonyl (C=O) groups is 4. The van der Waals surface area contributed by atoms with E-state index in [1.54, 1.807) is 12.1 Å². The van der Waals surface area contributed by atoms with Crippen molar-refractivity contribution >= 4 is 29.4 Å². The van der Waals surface area contributed by atoms with Crippen LogP contribution < -0.4 is 4.90 Å². The number of imide groups is 1. The summed E-state index contributed by atoms with van der Waals surface area (Å²) < 4.78 is 4.68. The summed E-state index contributed by atoms with van der Waals surface area (Å²) in [6.45, 7) is 5.74. The largest absolute Gasteiger partial charge is 0.465 e. The molecule has 0 N–H and O–H groups in total. The average Bonchev–Trinajstić information content (AvgIpc) is 3.07. The van der Waals surface area contributed by atoms with Crippen LogP contribution in [0.25, 0.3) is 0 Å². The van der Waals surface area contributed by atoms with Crippen LogP contribution in [0.5, 0.6) is 0 Å². The lowest BCUT2D eigenvalue weighted by Gasteiger charge is -2.33. The van der Waals surface area contributed by atoms with Gasteiger partial charge in [0.05, 0.1) is 24.8 Å². The highest BCUT2D eigenvalue weighted by Crippen LogP contribution is 2.29. The summed E-state index contributed by atoms with van der Waals surface area (Å²) in [5.74, 6) is -1.61. The number of methoxy groups -OCH3 is 1. The molecule has 1 heterocycles. The SMILES string of the molecule is CCC(C)N(C(=O)c1ccc(C)cc1)C1CC(=O)N(c2ccc(C(=O)OC)cc2)C1=O. The van der Waals surface area contributed by atoms with Crippen molar-refractivity contribution < 1.29 is 23.9 Å². The van der Waals surface area contributed by atoms with Gasteiger partial charge in [0.1, 0.15) is 6.04 Å². The lowest BCUT2D eigenvalue weighted by molar-refractivity contribution is -0.122. The molecule has 2 unspecified atom stereocenters. The van der Waals surface area contributed by atoms with Crippen molar-refractivity contribution in [1.29, 1.82) is 0 Å². The van der Waals surface area contributed by atoms with Gasteiger partial charge in [0.2, 0.25) is 5.91 Å². The molecule has 31 heavy (non-hydrogen) atoms. The van der Waals surface area contributed by atoms with Gasteiger partial charge in [-0.2, -0.15) is 0 Å². The summed E-state index contributed by atoms with van der Waals surface area (Å²) in [7, 11) is 1.28. The van der Waals surface area contributed by atoms with Crippen molar-refractivity contribution in [3.8, 4) is 0 Å². The van der Waals surface area contributed by atoms with Crippen molar-refractivity contribution in [3.63, 3.8) is 0 Å². The number of anilines is 1. The minimum atomic E-state index is -0.878. The van der Waals surface area contributed by atoms with Crippen molar-refractivity contribution in [2.24, 2.45) is 0 Å². The van der Waals surface area contributed by atoms with Crippen LogP contribution in [-0.2, 0) is 14.3 Å². The van der Waals surface area contributed by atoms with Gasteiger partial charge in [-0.1, -0.05) is 24.6 Å². The Kier molecular flexibility index (Phi) is 6.53. The summed E-state index contributed by atoms with van der Waals surface area (Å²) in [6, 6.07) is 12.1. The highest BCUT2D eigenvalue weighted by atomic mass is 16.5. The Morgan fingerprint density at radius 1 is 1.06 bits per heavy atom. The summed E-state index contributed by atoms with van der Waals surface area (Å²) in [6.07, 6.45) is 0.558. The van der Waals surface area contributed by atoms with Gasteiger partial charge >= 0.3 is 5.97 Å². The van der Waals surface area contributed by atoms with Gasteiger partial charge < -0.3 is 9.64 Å². The van der Waals surface area contributed by atoms with E-state index in [2.05, 4.69) is 4.74 Å². The zero-order valence-corrected chi connectivity index (χ0v) is 18.1. The van der Waals surface area contributed by atoms with E-state index in [-0.39, 0.29) is 24.3 Å². The average molecular weight is 422 g/mol. The normalized spacial score (nSPS) is 16.9. The fourth-order valence-corrected chi connectivity index (χ4v) is 3.66. The van der Waals surface area contributed by atoms with E-state index in [9.17, 15) is 19.2 Å². The molecule has 2 aromatic carbocycles. The lowest BCUT2D eigenvalue weighted by atomic mass is 10.1. The summed E-state index contributed by atoms with van der Waals surface area (Å²) in [4.78, 5) is 53.6. The van der Waals surface area contributed by atoms with Crippen LogP contribution in [0.2, 0.25) is 0 Å². The Morgan fingerprint density at radius 2 is 1.65 bits per heavy atom. The second-order valence-electron chi connectivity index (χ2n) is 7.66. The molecule has 0 radical (unpaired) electrons. The van der Waals surface area contributed by atoms with Gasteiger partial charge in [-0.05, 0) is 56.7 Å². The first-order valence-corrected chi connectivity index (χ1v) is 10.2. The van der Waals surface area contributed by atoms with E-state index in [4.69, 9.17) is 0 Å². The standard InChI is InChI=1S/C24H26N2O5/c1-5-16(3)25(22(28)17-8-6-15(2)7-9-17)20-14-21(27)26(23(20)29)19-12-10-18(11-13-19)24(30)31-4/h6-13,16,20H,5,14H2,1-4H3. The van der Waals surface area contributed by atoms with Crippen molar-refractivity contribution in [2.75, 3.05) is 12.0 Å². The summed E-state index contributed by atoms with van der Waals surface area (Å²) >= 11 is 0. The third-order valence-corrected chi connectivity index (χ3v) is 5.60. The highest BCUT2D eigenvalue weighted by molar-refractivity contribution is 6.23. The van der Waals surface area contributed by atoms with Gasteiger partial charge in [0.15, 0.2) is 0 Å². The van der Waals surface area contributed by atoms with E-state index in [0.29, 0.717) is 23.2 Å². The van der Waals surface area contributed by atoms with E-state index in [0.717, 1.165) is 10.5 Å². The molecule has 0 aromatic heterocycles. The molecule has 1 saturated heterocycles. The number of hydrogen-bond donors (Lipinski definition) is 0. The topological polar surface area (TPSA) is 84.0 Å². The van der Waals surface area contributed by atoms with Crippen molar-refractivity contribution in [1.82, 2.24) is 4.90 Å². The van der Waals surface area contributed by atoms with E-state index < -0.39 is 17.9 Å². The minimum absolute atomic E-state index is 0.0838. The molecular weight excluding hydrogens is 396 g/mol. The summed E-state index contributed by atoms with van der Waals surface area (Å²) in [5, 5.41) is 0. The molecule has 2 aromatic rings. The van der Waals surface area contributed by atoms with Crippen molar-refractivity contribution in [2.45, 2.75) is 45.7 Å². The second kappa shape index (κ2) is 9.12. The Hall–Kier alpha value is -3.48. The van der Waals surface area contributed by atoms with E-state index in [1.807, 2.05) is 32.9 Å². The number of ether oxygens (including phenoxy) is 1. The second-order valence-corrected chi connectivity index (χ2v) is 7.66. The zero-order valence-electron chi connectivity index (χ0n) is 18.1. The molecule has 2 atom stereocenters. The molecule has 0 spiro atoms. The summed E-state index contributed by atoms with van der Waals surface area (Å²) in [5.41, 5.74) is 2.18. The Balaban J connectivity index is 1.90. The maximum atomic E-state index is 13.3. The Morgan fingerprint density at radius 3 is 2.19 bits per heavy atom. The maximum absolute atomic E-state index is 13.3. The quantitative estimate of drug-likeness (QED) is 0.527. The molecule has 162 valence electrons. The molecule has 3 rings (SSSR count). The van der Waals surface area contributed by atoms with Gasteiger partial charge in [-0.3, -0.25) is 14.4 Å². The van der Waals surface area contributed by atoms with Gasteiger partial charge in [0, 0.05) is 11.6 Å². The predicted molar refractivity (Wildman–Crippen MR) is 116 cm³/mol. The van der Waals surface area contributed by atoms with E-state index >= 15 is 0 Å². The monoisotopic (exact) mass is 422 g/mol. The van der Waals surface area contributed by atoms with Crippen LogP contribution in [0.15, 0.2) is 48.5 Å². The lowest BCUT2D eigenvalue weighted by Crippen LogP contribution is -2.49. The number of amides is 3. The van der Waals surface area contributed by atoms with Crippen LogP contribution in [0, 0.1) is 6.92 Å². The number of rotatable bonds is 6. The van der Waals surface area contributed by atoms with Gasteiger partial charge in [0.25, 0.3) is 11.8 Å². The van der Waals surface area contributed by atoms with Crippen LogP contribution >= 0.6 is 0 Å². The van der Waals surface area contributed by atoms with Crippen LogP contribution in [0.1, 0.15) is 53.0 Å². The van der Waals surface area contributed by atoms with Gasteiger partial charge in [-0.15, -0.1) is 0 Å². The van der Waals surface area contributed by atoms with Gasteiger partial charge in [-0.25, -0.2) is 9.69 Å². The number of aryl methyl sites for hydroxylation is 1. The third-order valence-electron chi connectivity index (χ3n) is 5.60. The molecular formula is C24H26N2O5. The fraction of sp³-hybridized carbons (Fsp3) is 0.333. The number of nitrogens with zero attached hydrogens (tertiary/aromatic N) is 2. The molecule has 0 aliphatic carbocycles. The van der Waals surface area contributed by atoms with Crippen LogP contribution in [0.3, 0.4) is 0 Å². The Bertz CT molecular complexity index is 998. The highest BCUT2D eigenvalue weighted by Gasteiger charge is 2.45. The molecule has 3 amide bonds. The molecule has 0 saturated carbocycles. The molecule has 1 fully saturated rings. The zero-order chi connectivity index (χ0) is 22.7. The van der Waals surface area contributed by atoms with Crippen molar-refractivity contribution in [3.05, 3.63) is 65.2 Å². The maximum Gasteiger partial charge on any atom is 0.337 e. The number of esters is 1. The van der Waals surface area contributed by atoms with E-state index in [1.165, 1.54) is 36.3 Å². The first-order chi connectivity index (χ1) is 14.8. The smallest absolute Gasteiger partial charge is 0.337 e. The predicted octanol–water partition coefficient (Wildman–Crippen LogP) is 3.35. The van der Waals surface area contributed by atoms with Crippen LogP contribution in [-0.4, -0.2) is 47.8 Å². The van der Waals surface area contributed by atoms with Crippen LogP contribution in [0.4, 0.5) is 5.69 Å². The molecule has 1 aliphatic heterocycles. The first kappa shape index (κ1) is 22.2. The molecule has 1 aliphatic rings. The first-order valence-electron chi connectivity index (χ1n) is 10.2. The number of carbonyl (C=O) groups excluding carboxylic acids is 4. The molecule has 7 heteroatoms. The number of hydrogen-bond acceptors (Lipinski definition) is 5.